The molecule has 2 aromatic carbocycles. The van der Waals surface area contributed by atoms with E-state index in [-0.39, 0.29) is 24.0 Å². The maximum Gasteiger partial charge on any atom is 0.290 e. The van der Waals surface area contributed by atoms with Gasteiger partial charge in [-0.1, -0.05) is 29.8 Å². The van der Waals surface area contributed by atoms with Crippen LogP contribution in [0.25, 0.3) is 21.9 Å². The molecule has 2 aromatic heterocycles. The summed E-state index contributed by atoms with van der Waals surface area (Å²) in [6.45, 7) is 0.881. The number of furan rings is 1. The number of rotatable bonds is 6. The number of halogens is 1. The van der Waals surface area contributed by atoms with Crippen molar-refractivity contribution in [1.82, 2.24) is 9.88 Å². The molecule has 0 spiro atoms. The van der Waals surface area contributed by atoms with Crippen LogP contribution in [0.1, 0.15) is 35.0 Å². The van der Waals surface area contributed by atoms with Crippen molar-refractivity contribution < 1.29 is 28.6 Å². The summed E-state index contributed by atoms with van der Waals surface area (Å²) < 4.78 is 17.0. The predicted molar refractivity (Wildman–Crippen MR) is 133 cm³/mol. The maximum atomic E-state index is 13.9. The zero-order valence-electron chi connectivity index (χ0n) is 19.4. The van der Waals surface area contributed by atoms with E-state index in [1.165, 1.54) is 12.0 Å². The highest BCUT2D eigenvalue weighted by Gasteiger charge is 2.46. The molecule has 1 amide bonds. The Balaban J connectivity index is 1.48. The molecule has 0 radical (unpaired) electrons. The number of nitrogens with one attached hydrogen (secondary N) is 1. The zero-order valence-corrected chi connectivity index (χ0v) is 20.2. The lowest BCUT2D eigenvalue weighted by atomic mass is 9.94. The van der Waals surface area contributed by atoms with E-state index in [4.69, 9.17) is 25.5 Å². The van der Waals surface area contributed by atoms with E-state index < -0.39 is 23.5 Å². The lowest BCUT2D eigenvalue weighted by Crippen LogP contribution is -2.37. The second-order valence-electron chi connectivity index (χ2n) is 9.01. The molecule has 2 atom stereocenters. The molecule has 9 heteroatoms. The minimum atomic E-state index is -0.816. The van der Waals surface area contributed by atoms with Crippen LogP contribution < -0.4 is 4.74 Å². The number of Topliss-reactive ketones (excluding diaryl/α,β-unsaturated/α-hetero) is 1. The number of ketones is 1. The Labute approximate surface area is 211 Å². The second-order valence-corrected chi connectivity index (χ2v) is 9.45. The topological polar surface area (TPSA) is 105 Å². The normalized spacial score (nSPS) is 20.3. The van der Waals surface area contributed by atoms with E-state index in [0.29, 0.717) is 33.9 Å². The average Bonchev–Trinajstić information content (AvgIpc) is 3.66. The van der Waals surface area contributed by atoms with Gasteiger partial charge in [-0.2, -0.15) is 0 Å². The van der Waals surface area contributed by atoms with Gasteiger partial charge >= 0.3 is 0 Å². The Morgan fingerprint density at radius 2 is 2.11 bits per heavy atom. The van der Waals surface area contributed by atoms with Gasteiger partial charge in [0, 0.05) is 52.3 Å². The number of hydrogen-bond donors (Lipinski definition) is 2. The van der Waals surface area contributed by atoms with Crippen molar-refractivity contribution in [3.8, 4) is 5.75 Å². The monoisotopic (exact) mass is 506 g/mol. The lowest BCUT2D eigenvalue weighted by Gasteiger charge is -2.28. The molecular formula is C27H23ClN2O6. The first-order valence-corrected chi connectivity index (χ1v) is 12.1. The van der Waals surface area contributed by atoms with Crippen molar-refractivity contribution in [3.63, 3.8) is 0 Å². The summed E-state index contributed by atoms with van der Waals surface area (Å²) in [5, 5.41) is 12.9. The molecular weight excluding hydrogens is 484 g/mol. The number of hydrogen-bond acceptors (Lipinski definition) is 6. The zero-order chi connectivity index (χ0) is 25.0. The van der Waals surface area contributed by atoms with Crippen LogP contribution in [-0.4, -0.2) is 53.0 Å². The summed E-state index contributed by atoms with van der Waals surface area (Å²) in [5.41, 5.74) is 1.89. The third-order valence-corrected chi connectivity index (χ3v) is 7.10. The van der Waals surface area contributed by atoms with Crippen molar-refractivity contribution >= 4 is 45.2 Å². The van der Waals surface area contributed by atoms with Gasteiger partial charge in [-0.25, -0.2) is 0 Å². The summed E-state index contributed by atoms with van der Waals surface area (Å²) in [6, 6.07) is 11.6. The van der Waals surface area contributed by atoms with Gasteiger partial charge in [0.25, 0.3) is 5.91 Å². The van der Waals surface area contributed by atoms with Gasteiger partial charge in [-0.05, 0) is 31.0 Å². The number of carbonyl (C=O) groups is 2. The lowest BCUT2D eigenvalue weighted by molar-refractivity contribution is -0.131. The molecule has 2 N–H and O–H groups in total. The maximum absolute atomic E-state index is 13.9. The predicted octanol–water partition coefficient (Wildman–Crippen LogP) is 5.33. The Morgan fingerprint density at radius 1 is 1.28 bits per heavy atom. The molecule has 36 heavy (non-hydrogen) atoms. The molecule has 0 saturated carbocycles. The van der Waals surface area contributed by atoms with E-state index in [1.807, 2.05) is 24.3 Å². The van der Waals surface area contributed by atoms with Gasteiger partial charge in [-0.3, -0.25) is 9.59 Å². The van der Waals surface area contributed by atoms with Crippen LogP contribution in [0.15, 0.2) is 64.4 Å². The van der Waals surface area contributed by atoms with Crippen molar-refractivity contribution in [2.75, 3.05) is 20.3 Å². The van der Waals surface area contributed by atoms with Crippen LogP contribution >= 0.6 is 11.6 Å². The van der Waals surface area contributed by atoms with E-state index in [9.17, 15) is 14.7 Å². The number of carbonyl (C=O) groups excluding carboxylic acids is 2. The number of amides is 1. The van der Waals surface area contributed by atoms with Crippen LogP contribution in [0.5, 0.6) is 5.75 Å². The van der Waals surface area contributed by atoms with Crippen molar-refractivity contribution in [2.24, 2.45) is 0 Å². The van der Waals surface area contributed by atoms with E-state index in [0.717, 1.165) is 23.7 Å². The molecule has 184 valence electrons. The largest absolute Gasteiger partial charge is 0.503 e. The van der Waals surface area contributed by atoms with E-state index >= 15 is 0 Å². The fourth-order valence-electron chi connectivity index (χ4n) is 5.21. The Hall–Kier alpha value is -3.75. The fraction of sp³-hybridized carbons (Fsp3) is 0.259. The Kier molecular flexibility index (Phi) is 5.50. The summed E-state index contributed by atoms with van der Waals surface area (Å²) in [6.07, 6.45) is 3.32. The number of nitrogens with zero attached hydrogens (tertiary/aromatic N) is 1. The molecule has 6 rings (SSSR count). The summed E-state index contributed by atoms with van der Waals surface area (Å²) in [7, 11) is 1.48. The van der Waals surface area contributed by atoms with Crippen LogP contribution in [-0.2, 0) is 9.53 Å². The molecule has 2 unspecified atom stereocenters. The summed E-state index contributed by atoms with van der Waals surface area (Å²) in [4.78, 5) is 31.9. The van der Waals surface area contributed by atoms with Crippen LogP contribution in [0.4, 0.5) is 0 Å². The first-order chi connectivity index (χ1) is 17.5. The van der Waals surface area contributed by atoms with Crippen LogP contribution in [0, 0.1) is 0 Å². The Morgan fingerprint density at radius 3 is 2.89 bits per heavy atom. The van der Waals surface area contributed by atoms with Crippen molar-refractivity contribution in [3.05, 3.63) is 76.3 Å². The third kappa shape index (κ3) is 3.56. The second kappa shape index (κ2) is 8.72. The van der Waals surface area contributed by atoms with Gasteiger partial charge < -0.3 is 28.9 Å². The number of ether oxygens (including phenoxy) is 2. The molecule has 4 aromatic rings. The number of benzene rings is 2. The minimum absolute atomic E-state index is 0.0243. The molecule has 1 saturated heterocycles. The van der Waals surface area contributed by atoms with Crippen molar-refractivity contribution in [2.45, 2.75) is 25.0 Å². The number of aromatic amines is 1. The van der Waals surface area contributed by atoms with E-state index in [2.05, 4.69) is 4.98 Å². The number of aliphatic hydroxyl groups is 1. The number of H-pyrrole nitrogens is 1. The SMILES string of the molecule is COc1cc(Cl)cc2cc(C(=O)C3=C(O)C(=O)N(CC4CCCO4)C3c3c[nH]c4ccccc34)oc12. The Bertz CT molecular complexity index is 1540. The smallest absolute Gasteiger partial charge is 0.290 e. The van der Waals surface area contributed by atoms with Gasteiger partial charge in [0.1, 0.15) is 0 Å². The molecule has 1 fully saturated rings. The van der Waals surface area contributed by atoms with Gasteiger partial charge in [0.15, 0.2) is 22.9 Å². The van der Waals surface area contributed by atoms with Crippen LogP contribution in [0.2, 0.25) is 5.02 Å². The number of para-hydroxylation sites is 1. The fourth-order valence-corrected chi connectivity index (χ4v) is 5.42. The molecule has 0 bridgehead atoms. The number of aromatic nitrogens is 1. The highest BCUT2D eigenvalue weighted by Crippen LogP contribution is 2.43. The third-order valence-electron chi connectivity index (χ3n) is 6.88. The first kappa shape index (κ1) is 22.7. The first-order valence-electron chi connectivity index (χ1n) is 11.7. The van der Waals surface area contributed by atoms with Crippen molar-refractivity contribution in [1.29, 1.82) is 0 Å². The molecule has 2 aliphatic heterocycles. The molecule has 8 nitrogen and oxygen atoms in total. The quantitative estimate of drug-likeness (QED) is 0.342. The molecule has 0 aliphatic carbocycles. The molecule has 2 aliphatic rings. The van der Waals surface area contributed by atoms with Gasteiger partial charge in [0.05, 0.1) is 24.8 Å². The molecule has 4 heterocycles. The average molecular weight is 507 g/mol. The number of aliphatic hydroxyl groups excluding tert-OH is 1. The van der Waals surface area contributed by atoms with Gasteiger partial charge in [0.2, 0.25) is 5.78 Å². The van der Waals surface area contributed by atoms with Crippen LogP contribution in [0.3, 0.4) is 0 Å². The summed E-state index contributed by atoms with van der Waals surface area (Å²) >= 11 is 6.18. The highest BCUT2D eigenvalue weighted by molar-refractivity contribution is 6.31. The van der Waals surface area contributed by atoms with Gasteiger partial charge in [-0.15, -0.1) is 0 Å². The number of fused-ring (bicyclic) bond motifs is 2. The van der Waals surface area contributed by atoms with E-state index in [1.54, 1.807) is 24.4 Å². The standard InChI is InChI=1S/C27H23ClN2O6/c1-34-21-11-15(28)9-14-10-20(36-26(14)21)24(31)22-23(18-12-29-19-7-3-2-6-17(18)19)30(27(33)25(22)32)13-16-5-4-8-35-16/h2-3,6-7,9-12,16,23,29,32H,4-5,8,13H2,1H3. The number of methoxy groups -OCH3 is 1. The summed E-state index contributed by atoms with van der Waals surface area (Å²) in [5.74, 6) is -1.42. The minimum Gasteiger partial charge on any atom is -0.503 e. The highest BCUT2D eigenvalue weighted by atomic mass is 35.5.